The highest BCUT2D eigenvalue weighted by Gasteiger charge is 2.37. The van der Waals surface area contributed by atoms with Crippen LogP contribution in [0.3, 0.4) is 0 Å². The van der Waals surface area contributed by atoms with Gasteiger partial charge in [0.2, 0.25) is 0 Å². The van der Waals surface area contributed by atoms with Gasteiger partial charge in [0.1, 0.15) is 0 Å². The lowest BCUT2D eigenvalue weighted by atomic mass is 9.66. The second-order valence-corrected chi connectivity index (χ2v) is 7.37. The van der Waals surface area contributed by atoms with E-state index in [1.807, 2.05) is 11.7 Å². The van der Waals surface area contributed by atoms with E-state index in [4.69, 9.17) is 0 Å². The lowest BCUT2D eigenvalue weighted by Crippen LogP contribution is -2.35. The van der Waals surface area contributed by atoms with Crippen molar-refractivity contribution >= 4 is 0 Å². The Morgan fingerprint density at radius 2 is 2.16 bits per heavy atom. The SMILES string of the molecule is Cn1ccc(C2CC(C)(C)CCC2CNC2CC2)n1. The number of rotatable bonds is 4. The second kappa shape index (κ2) is 4.93. The molecule has 3 nitrogen and oxygen atoms in total. The Morgan fingerprint density at radius 3 is 2.79 bits per heavy atom. The minimum Gasteiger partial charge on any atom is -0.314 e. The summed E-state index contributed by atoms with van der Waals surface area (Å²) in [6, 6.07) is 3.04. The van der Waals surface area contributed by atoms with Crippen molar-refractivity contribution in [3.63, 3.8) is 0 Å². The van der Waals surface area contributed by atoms with Gasteiger partial charge >= 0.3 is 0 Å². The van der Waals surface area contributed by atoms with Crippen molar-refractivity contribution < 1.29 is 0 Å². The molecule has 2 saturated carbocycles. The molecule has 19 heavy (non-hydrogen) atoms. The third-order valence-corrected chi connectivity index (χ3v) is 4.89. The maximum atomic E-state index is 4.68. The number of nitrogens with zero attached hydrogens (tertiary/aromatic N) is 2. The van der Waals surface area contributed by atoms with Crippen LogP contribution in [0.25, 0.3) is 0 Å². The van der Waals surface area contributed by atoms with E-state index in [9.17, 15) is 0 Å². The summed E-state index contributed by atoms with van der Waals surface area (Å²) in [5, 5.41) is 8.41. The third-order valence-electron chi connectivity index (χ3n) is 4.89. The molecular weight excluding hydrogens is 234 g/mol. The molecule has 0 aliphatic heterocycles. The van der Waals surface area contributed by atoms with Gasteiger partial charge in [-0.3, -0.25) is 4.68 Å². The van der Waals surface area contributed by atoms with Crippen molar-refractivity contribution in [3.05, 3.63) is 18.0 Å². The summed E-state index contributed by atoms with van der Waals surface area (Å²) >= 11 is 0. The summed E-state index contributed by atoms with van der Waals surface area (Å²) in [6.45, 7) is 6.00. The van der Waals surface area contributed by atoms with Crippen LogP contribution < -0.4 is 5.32 Å². The smallest absolute Gasteiger partial charge is 0.0658 e. The van der Waals surface area contributed by atoms with Gasteiger partial charge in [-0.15, -0.1) is 0 Å². The van der Waals surface area contributed by atoms with Crippen LogP contribution in [-0.4, -0.2) is 22.4 Å². The van der Waals surface area contributed by atoms with E-state index >= 15 is 0 Å². The van der Waals surface area contributed by atoms with E-state index in [-0.39, 0.29) is 0 Å². The topological polar surface area (TPSA) is 29.9 Å². The van der Waals surface area contributed by atoms with Crippen molar-refractivity contribution in [2.45, 2.75) is 57.9 Å². The van der Waals surface area contributed by atoms with Crippen LogP contribution in [0.4, 0.5) is 0 Å². The predicted molar refractivity (Wildman–Crippen MR) is 78.1 cm³/mol. The first-order chi connectivity index (χ1) is 9.03. The van der Waals surface area contributed by atoms with Crippen LogP contribution in [0.15, 0.2) is 12.3 Å². The number of aryl methyl sites for hydroxylation is 1. The van der Waals surface area contributed by atoms with Crippen LogP contribution >= 0.6 is 0 Å². The second-order valence-electron chi connectivity index (χ2n) is 7.37. The highest BCUT2D eigenvalue weighted by atomic mass is 15.2. The van der Waals surface area contributed by atoms with Crippen molar-refractivity contribution in [2.75, 3.05) is 6.54 Å². The summed E-state index contributed by atoms with van der Waals surface area (Å²) < 4.78 is 1.95. The molecule has 1 aromatic heterocycles. The summed E-state index contributed by atoms with van der Waals surface area (Å²) in [7, 11) is 2.02. The predicted octanol–water partition coefficient (Wildman–Crippen LogP) is 3.08. The number of hydrogen-bond donors (Lipinski definition) is 1. The van der Waals surface area contributed by atoms with Gasteiger partial charge in [-0.1, -0.05) is 13.8 Å². The van der Waals surface area contributed by atoms with Crippen molar-refractivity contribution in [2.24, 2.45) is 18.4 Å². The van der Waals surface area contributed by atoms with Gasteiger partial charge in [-0.2, -0.15) is 5.10 Å². The molecule has 2 atom stereocenters. The first-order valence-corrected chi connectivity index (χ1v) is 7.76. The maximum absolute atomic E-state index is 4.68. The Bertz CT molecular complexity index is 429. The zero-order valence-electron chi connectivity index (χ0n) is 12.5. The molecule has 0 aromatic carbocycles. The normalized spacial score (nSPS) is 30.5. The highest BCUT2D eigenvalue weighted by molar-refractivity contribution is 5.11. The monoisotopic (exact) mass is 261 g/mol. The summed E-state index contributed by atoms with van der Waals surface area (Å²) in [6.07, 6.45) is 8.82. The summed E-state index contributed by atoms with van der Waals surface area (Å²) in [4.78, 5) is 0. The molecule has 2 aliphatic carbocycles. The fourth-order valence-electron chi connectivity index (χ4n) is 3.47. The number of aromatic nitrogens is 2. The first kappa shape index (κ1) is 13.2. The molecule has 0 amide bonds. The Labute approximate surface area is 116 Å². The lowest BCUT2D eigenvalue weighted by molar-refractivity contribution is 0.157. The zero-order chi connectivity index (χ0) is 13.5. The molecule has 0 saturated heterocycles. The summed E-state index contributed by atoms with van der Waals surface area (Å²) in [5.41, 5.74) is 1.77. The number of hydrogen-bond acceptors (Lipinski definition) is 2. The minimum absolute atomic E-state index is 0.471. The first-order valence-electron chi connectivity index (χ1n) is 7.76. The molecule has 0 radical (unpaired) electrons. The average molecular weight is 261 g/mol. The van der Waals surface area contributed by atoms with E-state index in [0.29, 0.717) is 11.3 Å². The Hall–Kier alpha value is -0.830. The van der Waals surface area contributed by atoms with E-state index in [1.54, 1.807) is 0 Å². The maximum Gasteiger partial charge on any atom is 0.0658 e. The molecule has 2 unspecified atom stereocenters. The molecule has 1 aromatic rings. The molecule has 0 bridgehead atoms. The molecule has 3 rings (SSSR count). The van der Waals surface area contributed by atoms with Gasteiger partial charge < -0.3 is 5.32 Å². The lowest BCUT2D eigenvalue weighted by Gasteiger charge is -2.40. The van der Waals surface area contributed by atoms with Crippen LogP contribution in [-0.2, 0) is 7.05 Å². The van der Waals surface area contributed by atoms with Crippen molar-refractivity contribution in [1.29, 1.82) is 0 Å². The van der Waals surface area contributed by atoms with E-state index in [1.165, 1.54) is 44.3 Å². The van der Waals surface area contributed by atoms with Gasteiger partial charge in [-0.05, 0) is 56.0 Å². The third kappa shape index (κ3) is 3.19. The van der Waals surface area contributed by atoms with Gasteiger partial charge in [0.25, 0.3) is 0 Å². The van der Waals surface area contributed by atoms with Gasteiger partial charge in [0.15, 0.2) is 0 Å². The molecule has 1 heterocycles. The van der Waals surface area contributed by atoms with Crippen molar-refractivity contribution in [3.8, 4) is 0 Å². The molecule has 1 N–H and O–H groups in total. The molecule has 0 spiro atoms. The largest absolute Gasteiger partial charge is 0.314 e. The van der Waals surface area contributed by atoms with Crippen LogP contribution in [0.5, 0.6) is 0 Å². The van der Waals surface area contributed by atoms with Gasteiger partial charge in [0.05, 0.1) is 5.69 Å². The Balaban J connectivity index is 1.72. The van der Waals surface area contributed by atoms with Crippen molar-refractivity contribution in [1.82, 2.24) is 15.1 Å². The number of nitrogens with one attached hydrogen (secondary N) is 1. The van der Waals surface area contributed by atoms with Crippen LogP contribution in [0.1, 0.15) is 57.6 Å². The molecule has 2 fully saturated rings. The Kier molecular flexibility index (Phi) is 3.42. The average Bonchev–Trinajstić information content (AvgIpc) is 3.08. The highest BCUT2D eigenvalue weighted by Crippen LogP contribution is 2.46. The quantitative estimate of drug-likeness (QED) is 0.902. The Morgan fingerprint density at radius 1 is 1.37 bits per heavy atom. The van der Waals surface area contributed by atoms with E-state index < -0.39 is 0 Å². The fourth-order valence-corrected chi connectivity index (χ4v) is 3.47. The van der Waals surface area contributed by atoms with E-state index in [0.717, 1.165) is 12.0 Å². The molecule has 2 aliphatic rings. The zero-order valence-corrected chi connectivity index (χ0v) is 12.5. The van der Waals surface area contributed by atoms with Gasteiger partial charge in [-0.25, -0.2) is 0 Å². The summed E-state index contributed by atoms with van der Waals surface area (Å²) in [5.74, 6) is 1.40. The fraction of sp³-hybridized carbons (Fsp3) is 0.812. The van der Waals surface area contributed by atoms with Gasteiger partial charge in [0, 0.05) is 25.2 Å². The standard InChI is InChI=1S/C16H27N3/c1-16(2)8-6-12(11-17-13-4-5-13)14(10-16)15-7-9-19(3)18-15/h7,9,12-14,17H,4-6,8,10-11H2,1-3H3. The molecule has 3 heteroatoms. The molecular formula is C16H27N3. The molecule has 106 valence electrons. The van der Waals surface area contributed by atoms with Crippen LogP contribution in [0.2, 0.25) is 0 Å². The van der Waals surface area contributed by atoms with E-state index in [2.05, 4.69) is 36.5 Å². The van der Waals surface area contributed by atoms with Crippen LogP contribution in [0, 0.1) is 11.3 Å². The minimum atomic E-state index is 0.471.